The first-order valence-corrected chi connectivity index (χ1v) is 8.88. The van der Waals surface area contributed by atoms with Crippen LogP contribution in [0.3, 0.4) is 0 Å². The molecule has 124 valence electrons. The molecule has 1 N–H and O–H groups in total. The minimum atomic E-state index is -0.129. The molecule has 0 atom stereocenters. The summed E-state index contributed by atoms with van der Waals surface area (Å²) in [5.41, 5.74) is 1.68. The molecule has 4 rings (SSSR count). The van der Waals surface area contributed by atoms with Crippen molar-refractivity contribution in [3.63, 3.8) is 0 Å². The number of aromatic nitrogens is 1. The predicted octanol–water partition coefficient (Wildman–Crippen LogP) is 5.10. The van der Waals surface area contributed by atoms with Crippen LogP contribution in [0.1, 0.15) is 16.6 Å². The number of thiophene rings is 1. The summed E-state index contributed by atoms with van der Waals surface area (Å²) in [6.07, 6.45) is 0. The number of nitrogens with one attached hydrogen (secondary N) is 1. The van der Waals surface area contributed by atoms with Gasteiger partial charge in [-0.3, -0.25) is 4.79 Å². The van der Waals surface area contributed by atoms with Gasteiger partial charge in [0, 0.05) is 16.5 Å². The molecule has 0 aliphatic rings. The van der Waals surface area contributed by atoms with Gasteiger partial charge in [-0.05, 0) is 49.4 Å². The molecule has 2 aromatic heterocycles. The predicted molar refractivity (Wildman–Crippen MR) is 103 cm³/mol. The van der Waals surface area contributed by atoms with Crippen molar-refractivity contribution in [3.8, 4) is 5.75 Å². The molecule has 0 unspecified atom stereocenters. The average Bonchev–Trinajstić information content (AvgIpc) is 3.04. The summed E-state index contributed by atoms with van der Waals surface area (Å²) in [6, 6.07) is 19.3. The van der Waals surface area contributed by atoms with Gasteiger partial charge in [-0.1, -0.05) is 18.2 Å². The molecular formula is C20H16N2O2S. The minimum Gasteiger partial charge on any atom is -0.494 e. The minimum absolute atomic E-state index is 0.129. The fourth-order valence-electron chi connectivity index (χ4n) is 2.68. The van der Waals surface area contributed by atoms with Crippen LogP contribution in [0, 0.1) is 0 Å². The molecule has 2 heterocycles. The van der Waals surface area contributed by atoms with Crippen molar-refractivity contribution >= 4 is 44.1 Å². The maximum Gasteiger partial charge on any atom is 0.265 e. The number of hydrogen-bond acceptors (Lipinski definition) is 4. The highest BCUT2D eigenvalue weighted by atomic mass is 32.1. The SMILES string of the molecule is CCOc1ccc(NC(=O)c2cc3cc4ccccc4nc3s2)cc1. The molecule has 0 fully saturated rings. The summed E-state index contributed by atoms with van der Waals surface area (Å²) in [5.74, 6) is 0.662. The highest BCUT2D eigenvalue weighted by Crippen LogP contribution is 2.28. The molecular weight excluding hydrogens is 332 g/mol. The quantitative estimate of drug-likeness (QED) is 0.558. The summed E-state index contributed by atoms with van der Waals surface area (Å²) < 4.78 is 5.41. The van der Waals surface area contributed by atoms with E-state index in [1.165, 1.54) is 11.3 Å². The Labute approximate surface area is 149 Å². The van der Waals surface area contributed by atoms with Crippen LogP contribution < -0.4 is 10.1 Å². The van der Waals surface area contributed by atoms with E-state index in [0.717, 1.165) is 32.6 Å². The van der Waals surface area contributed by atoms with Crippen LogP contribution in [0.15, 0.2) is 60.7 Å². The summed E-state index contributed by atoms with van der Waals surface area (Å²) in [6.45, 7) is 2.56. The van der Waals surface area contributed by atoms with Gasteiger partial charge in [-0.25, -0.2) is 4.98 Å². The molecule has 4 aromatic rings. The Balaban J connectivity index is 1.60. The summed E-state index contributed by atoms with van der Waals surface area (Å²) in [5, 5.41) is 4.98. The molecule has 0 spiro atoms. The van der Waals surface area contributed by atoms with Gasteiger partial charge < -0.3 is 10.1 Å². The van der Waals surface area contributed by atoms with E-state index in [4.69, 9.17) is 4.74 Å². The molecule has 0 radical (unpaired) electrons. The van der Waals surface area contributed by atoms with Crippen LogP contribution in [0.5, 0.6) is 5.75 Å². The van der Waals surface area contributed by atoms with Gasteiger partial charge in [0.25, 0.3) is 5.91 Å². The van der Waals surface area contributed by atoms with Crippen LogP contribution in [0.2, 0.25) is 0 Å². The van der Waals surface area contributed by atoms with E-state index >= 15 is 0 Å². The van der Waals surface area contributed by atoms with Gasteiger partial charge in [-0.2, -0.15) is 0 Å². The van der Waals surface area contributed by atoms with Gasteiger partial charge in [0.2, 0.25) is 0 Å². The van der Waals surface area contributed by atoms with Crippen molar-refractivity contribution < 1.29 is 9.53 Å². The van der Waals surface area contributed by atoms with Gasteiger partial charge in [0.1, 0.15) is 10.6 Å². The molecule has 0 aliphatic carbocycles. The largest absolute Gasteiger partial charge is 0.494 e. The van der Waals surface area contributed by atoms with Gasteiger partial charge in [0.15, 0.2) is 0 Å². The van der Waals surface area contributed by atoms with Gasteiger partial charge in [-0.15, -0.1) is 11.3 Å². The summed E-state index contributed by atoms with van der Waals surface area (Å²) in [7, 11) is 0. The molecule has 1 amide bonds. The Morgan fingerprint density at radius 1 is 1.08 bits per heavy atom. The Kier molecular flexibility index (Phi) is 4.07. The lowest BCUT2D eigenvalue weighted by Gasteiger charge is -2.06. The number of amides is 1. The number of para-hydroxylation sites is 1. The number of rotatable bonds is 4. The van der Waals surface area contributed by atoms with Crippen molar-refractivity contribution in [2.24, 2.45) is 0 Å². The van der Waals surface area contributed by atoms with Crippen LogP contribution >= 0.6 is 11.3 Å². The zero-order chi connectivity index (χ0) is 17.2. The van der Waals surface area contributed by atoms with E-state index < -0.39 is 0 Å². The van der Waals surface area contributed by atoms with E-state index in [9.17, 15) is 4.79 Å². The molecule has 2 aromatic carbocycles. The van der Waals surface area contributed by atoms with Crippen molar-refractivity contribution in [1.82, 2.24) is 4.98 Å². The molecule has 25 heavy (non-hydrogen) atoms. The number of pyridine rings is 1. The number of carbonyl (C=O) groups is 1. The second kappa shape index (κ2) is 6.53. The van der Waals surface area contributed by atoms with E-state index in [1.807, 2.05) is 61.5 Å². The number of carbonyl (C=O) groups excluding carboxylic acids is 1. The van der Waals surface area contributed by atoms with Gasteiger partial charge >= 0.3 is 0 Å². The van der Waals surface area contributed by atoms with Crippen LogP contribution in [-0.2, 0) is 0 Å². The average molecular weight is 348 g/mol. The molecule has 0 saturated carbocycles. The fourth-order valence-corrected chi connectivity index (χ4v) is 3.60. The van der Waals surface area contributed by atoms with Crippen LogP contribution in [0.4, 0.5) is 5.69 Å². The number of ether oxygens (including phenoxy) is 1. The first-order valence-electron chi connectivity index (χ1n) is 8.06. The van der Waals surface area contributed by atoms with E-state index in [1.54, 1.807) is 0 Å². The number of fused-ring (bicyclic) bond motifs is 2. The lowest BCUT2D eigenvalue weighted by atomic mass is 10.2. The summed E-state index contributed by atoms with van der Waals surface area (Å²) >= 11 is 1.40. The van der Waals surface area contributed by atoms with Crippen molar-refractivity contribution in [2.75, 3.05) is 11.9 Å². The maximum atomic E-state index is 12.5. The molecule has 4 nitrogen and oxygen atoms in total. The number of anilines is 1. The lowest BCUT2D eigenvalue weighted by molar-refractivity contribution is 0.103. The lowest BCUT2D eigenvalue weighted by Crippen LogP contribution is -2.09. The van der Waals surface area contributed by atoms with Crippen molar-refractivity contribution in [3.05, 3.63) is 65.5 Å². The topological polar surface area (TPSA) is 51.2 Å². The molecule has 0 saturated heterocycles. The smallest absolute Gasteiger partial charge is 0.265 e. The zero-order valence-electron chi connectivity index (χ0n) is 13.7. The van der Waals surface area contributed by atoms with E-state index in [0.29, 0.717) is 11.5 Å². The first-order chi connectivity index (χ1) is 12.2. The van der Waals surface area contributed by atoms with E-state index in [2.05, 4.69) is 16.4 Å². The third-order valence-corrected chi connectivity index (χ3v) is 4.90. The normalized spacial score (nSPS) is 10.9. The highest BCUT2D eigenvalue weighted by Gasteiger charge is 2.12. The van der Waals surface area contributed by atoms with Crippen LogP contribution in [0.25, 0.3) is 21.1 Å². The Morgan fingerprint density at radius 2 is 1.88 bits per heavy atom. The number of benzene rings is 2. The third-order valence-electron chi connectivity index (χ3n) is 3.86. The number of hydrogen-bond donors (Lipinski definition) is 1. The standard InChI is InChI=1S/C20H16N2O2S/c1-2-24-16-9-7-15(8-10-16)21-19(23)18-12-14-11-13-5-3-4-6-17(13)22-20(14)25-18/h3-12H,2H2,1H3,(H,21,23). The first kappa shape index (κ1) is 15.6. The summed E-state index contributed by atoms with van der Waals surface area (Å²) in [4.78, 5) is 18.7. The monoisotopic (exact) mass is 348 g/mol. The Morgan fingerprint density at radius 3 is 2.68 bits per heavy atom. The van der Waals surface area contributed by atoms with Crippen molar-refractivity contribution in [2.45, 2.75) is 6.92 Å². The third kappa shape index (κ3) is 3.19. The second-order valence-electron chi connectivity index (χ2n) is 5.60. The highest BCUT2D eigenvalue weighted by molar-refractivity contribution is 7.20. The second-order valence-corrected chi connectivity index (χ2v) is 6.63. The molecule has 0 aliphatic heterocycles. The zero-order valence-corrected chi connectivity index (χ0v) is 14.5. The Bertz CT molecular complexity index is 1000. The van der Waals surface area contributed by atoms with Crippen molar-refractivity contribution in [1.29, 1.82) is 0 Å². The Hall–Kier alpha value is -2.92. The fraction of sp³-hybridized carbons (Fsp3) is 0.100. The van der Waals surface area contributed by atoms with Crippen LogP contribution in [-0.4, -0.2) is 17.5 Å². The maximum absolute atomic E-state index is 12.5. The molecule has 0 bridgehead atoms. The number of nitrogens with zero attached hydrogens (tertiary/aromatic N) is 1. The van der Waals surface area contributed by atoms with E-state index in [-0.39, 0.29) is 5.91 Å². The molecule has 5 heteroatoms. The van der Waals surface area contributed by atoms with Gasteiger partial charge in [0.05, 0.1) is 17.0 Å².